The number of hydrogen-bond acceptors (Lipinski definition) is 10. The fourth-order valence-corrected chi connectivity index (χ4v) is 5.06. The highest BCUT2D eigenvalue weighted by atomic mass is 79.9. The Bertz CT molecular complexity index is 1490. The number of esters is 2. The summed E-state index contributed by atoms with van der Waals surface area (Å²) in [5.41, 5.74) is -1.78. The molecular weight excluding hydrogens is 719 g/mol. The molecule has 3 aliphatic heterocycles. The lowest BCUT2D eigenvalue weighted by atomic mass is 9.49. The Labute approximate surface area is 304 Å². The van der Waals surface area contributed by atoms with Crippen molar-refractivity contribution in [2.24, 2.45) is 0 Å². The molecule has 0 aliphatic carbocycles. The lowest BCUT2D eigenvalue weighted by molar-refractivity contribution is 0.00578. The first-order chi connectivity index (χ1) is 22.7. The molecule has 0 bridgehead atoms. The second-order valence-electron chi connectivity index (χ2n) is 15.2. The van der Waals surface area contributed by atoms with Gasteiger partial charge in [0.25, 0.3) is 0 Å². The number of rotatable bonds is 4. The van der Waals surface area contributed by atoms with Crippen molar-refractivity contribution in [2.45, 2.75) is 117 Å². The second kappa shape index (κ2) is 15.0. The highest BCUT2D eigenvalue weighted by molar-refractivity contribution is 9.10. The average molecular weight is 767 g/mol. The zero-order chi connectivity index (χ0) is 38.3. The first-order valence-electron chi connectivity index (χ1n) is 16.2. The van der Waals surface area contributed by atoms with Gasteiger partial charge >= 0.3 is 33.1 Å². The molecule has 0 spiro atoms. The summed E-state index contributed by atoms with van der Waals surface area (Å²) >= 11 is 2.96. The topological polar surface area (TPSA) is 108 Å². The van der Waals surface area contributed by atoms with Crippen LogP contribution >= 0.6 is 15.9 Å². The average Bonchev–Trinajstić information content (AvgIpc) is 3.47. The van der Waals surface area contributed by atoms with Crippen molar-refractivity contribution >= 4 is 54.5 Å². The Kier molecular flexibility index (Phi) is 12.6. The lowest BCUT2D eigenvalue weighted by Crippen LogP contribution is -2.41. The molecule has 274 valence electrons. The van der Waals surface area contributed by atoms with Crippen LogP contribution in [0.25, 0.3) is 0 Å². The normalized spacial score (nSPS) is 21.8. The summed E-state index contributed by atoms with van der Waals surface area (Å²) in [6.45, 7) is 23.7. The third kappa shape index (κ3) is 8.99. The van der Waals surface area contributed by atoms with Crippen molar-refractivity contribution in [1.29, 1.82) is 0 Å². The van der Waals surface area contributed by atoms with E-state index in [4.69, 9.17) is 27.9 Å². The molecule has 50 heavy (non-hydrogen) atoms. The molecule has 3 heterocycles. The first kappa shape index (κ1) is 42.1. The molecule has 0 saturated carbocycles. The number of carbonyl (C=O) groups is 2. The molecule has 5 rings (SSSR count). The fourth-order valence-electron chi connectivity index (χ4n) is 4.68. The number of halogens is 3. The zero-order valence-electron chi connectivity index (χ0n) is 31.4. The molecule has 0 amide bonds. The van der Waals surface area contributed by atoms with E-state index in [2.05, 4.69) is 25.4 Å². The maximum atomic E-state index is 14.0. The first-order valence-corrected chi connectivity index (χ1v) is 17.0. The summed E-state index contributed by atoms with van der Waals surface area (Å²) in [6, 6.07) is 7.94. The van der Waals surface area contributed by atoms with Crippen molar-refractivity contribution in [2.75, 3.05) is 14.2 Å². The van der Waals surface area contributed by atoms with Crippen LogP contribution in [0.15, 0.2) is 40.9 Å². The van der Waals surface area contributed by atoms with E-state index in [-0.39, 0.29) is 37.9 Å². The van der Waals surface area contributed by atoms with Crippen molar-refractivity contribution in [3.8, 4) is 0 Å². The molecule has 0 N–H and O–H groups in total. The largest absolute Gasteiger partial charge is 0.497 e. The number of benzene rings is 2. The summed E-state index contributed by atoms with van der Waals surface area (Å²) < 4.78 is 71.4. The summed E-state index contributed by atoms with van der Waals surface area (Å²) in [7, 11) is 0.761. The van der Waals surface area contributed by atoms with Crippen LogP contribution in [-0.4, -0.2) is 80.9 Å². The standard InChI is InChI=1S/C14H18BFO4.C12H24B2O4.C8H6BrFO2/c1-13(2)14(3,4)20-15(19-13)10-8-9(12(17)18-5)6-7-11(10)16;1-9(2)10(3,4)16-13(15-9)14-17-11(5,6)12(7,8)18-14;1-12-8(11)5-2-3-7(10)6(9)4-5/h6-8H,1-5H3;1-8H3;2-4H,1H3. The van der Waals surface area contributed by atoms with E-state index in [1.807, 2.05) is 83.1 Å². The number of hydrogen-bond donors (Lipinski definition) is 0. The van der Waals surface area contributed by atoms with Crippen LogP contribution in [0.1, 0.15) is 104 Å². The van der Waals surface area contributed by atoms with E-state index in [9.17, 15) is 18.4 Å². The van der Waals surface area contributed by atoms with Crippen molar-refractivity contribution in [1.82, 2.24) is 0 Å². The Morgan fingerprint density at radius 1 is 0.560 bits per heavy atom. The van der Waals surface area contributed by atoms with Gasteiger partial charge in [-0.2, -0.15) is 0 Å². The Morgan fingerprint density at radius 3 is 1.22 bits per heavy atom. The van der Waals surface area contributed by atoms with Gasteiger partial charge in [-0.1, -0.05) is 0 Å². The van der Waals surface area contributed by atoms with Gasteiger partial charge < -0.3 is 37.4 Å². The third-order valence-electron chi connectivity index (χ3n) is 10.0. The molecule has 3 saturated heterocycles. The maximum Gasteiger partial charge on any atom is 0.497 e. The molecule has 3 fully saturated rings. The molecule has 2 aromatic rings. The third-order valence-corrected chi connectivity index (χ3v) is 10.6. The fraction of sp³-hybridized carbons (Fsp3) is 0.588. The number of methoxy groups -OCH3 is 2. The van der Waals surface area contributed by atoms with Crippen LogP contribution in [0, 0.1) is 11.6 Å². The van der Waals surface area contributed by atoms with Crippen LogP contribution in [0.3, 0.4) is 0 Å². The van der Waals surface area contributed by atoms with Crippen LogP contribution < -0.4 is 5.46 Å². The zero-order valence-corrected chi connectivity index (χ0v) is 33.0. The van der Waals surface area contributed by atoms with E-state index < -0.39 is 55.9 Å². The predicted molar refractivity (Wildman–Crippen MR) is 191 cm³/mol. The molecule has 10 nitrogen and oxygen atoms in total. The smallest absolute Gasteiger partial charge is 0.465 e. The minimum Gasteiger partial charge on any atom is -0.465 e. The number of ether oxygens (including phenoxy) is 2. The summed E-state index contributed by atoms with van der Waals surface area (Å²) in [4.78, 5) is 22.4. The summed E-state index contributed by atoms with van der Waals surface area (Å²) in [5, 5.41) is 0. The van der Waals surface area contributed by atoms with Crippen LogP contribution in [0.2, 0.25) is 0 Å². The molecule has 16 heteroatoms. The van der Waals surface area contributed by atoms with Crippen LogP contribution in [0.4, 0.5) is 8.78 Å². The van der Waals surface area contributed by atoms with Gasteiger partial charge in [0.1, 0.15) is 11.6 Å². The van der Waals surface area contributed by atoms with Crippen molar-refractivity contribution < 1.29 is 55.8 Å². The van der Waals surface area contributed by atoms with Gasteiger partial charge in [-0.15, -0.1) is 0 Å². The van der Waals surface area contributed by atoms with Gasteiger partial charge in [0.2, 0.25) is 0 Å². The second-order valence-corrected chi connectivity index (χ2v) is 16.0. The van der Waals surface area contributed by atoms with Crippen molar-refractivity contribution in [3.63, 3.8) is 0 Å². The van der Waals surface area contributed by atoms with E-state index in [1.54, 1.807) is 0 Å². The van der Waals surface area contributed by atoms with E-state index in [0.29, 0.717) is 5.56 Å². The minimum atomic E-state index is -0.843. The summed E-state index contributed by atoms with van der Waals surface area (Å²) in [5.74, 6) is -1.88. The van der Waals surface area contributed by atoms with Gasteiger partial charge in [-0.25, -0.2) is 18.4 Å². The van der Waals surface area contributed by atoms with E-state index in [1.165, 1.54) is 50.6 Å². The summed E-state index contributed by atoms with van der Waals surface area (Å²) in [6.07, 6.45) is 0. The highest BCUT2D eigenvalue weighted by Crippen LogP contribution is 2.43. The van der Waals surface area contributed by atoms with E-state index in [0.717, 1.165) is 0 Å². The highest BCUT2D eigenvalue weighted by Gasteiger charge is 2.63. The monoisotopic (exact) mass is 766 g/mol. The molecule has 3 aliphatic rings. The quantitative estimate of drug-likeness (QED) is 0.252. The van der Waals surface area contributed by atoms with Gasteiger partial charge in [-0.3, -0.25) is 0 Å². The van der Waals surface area contributed by atoms with Crippen LogP contribution in [0.5, 0.6) is 0 Å². The molecular formula is C34H48B3BrF2O10. The van der Waals surface area contributed by atoms with Gasteiger partial charge in [0.05, 0.1) is 63.4 Å². The predicted octanol–water partition coefficient (Wildman–Crippen LogP) is 6.54. The van der Waals surface area contributed by atoms with E-state index >= 15 is 0 Å². The Hall–Kier alpha value is -2.33. The Balaban J connectivity index is 0.000000209. The van der Waals surface area contributed by atoms with Gasteiger partial charge in [-0.05, 0) is 135 Å². The maximum absolute atomic E-state index is 14.0. The molecule has 0 unspecified atom stereocenters. The van der Waals surface area contributed by atoms with Gasteiger partial charge in [0.15, 0.2) is 0 Å². The Morgan fingerprint density at radius 2 is 0.880 bits per heavy atom. The molecule has 0 aromatic heterocycles. The number of carbonyl (C=O) groups excluding carboxylic acids is 2. The van der Waals surface area contributed by atoms with Gasteiger partial charge in [0, 0.05) is 5.46 Å². The molecule has 0 radical (unpaired) electrons. The SMILES string of the molecule is CC1(C)OB(B2OC(C)(C)C(C)(C)O2)OC1(C)C.COC(=O)c1ccc(F)c(B2OC(C)(C)C(C)(C)O2)c1.COC(=O)c1ccc(F)c(Br)c1. The lowest BCUT2D eigenvalue weighted by Gasteiger charge is -2.32. The molecule has 2 aromatic carbocycles. The molecule has 0 atom stereocenters. The minimum absolute atomic E-state index is 0.201. The van der Waals surface area contributed by atoms with Crippen molar-refractivity contribution in [3.05, 3.63) is 63.6 Å². The van der Waals surface area contributed by atoms with Crippen LogP contribution in [-0.2, 0) is 37.4 Å².